The highest BCUT2D eigenvalue weighted by atomic mass is 35.5. The van der Waals surface area contributed by atoms with E-state index in [1.807, 2.05) is 18.2 Å². The normalized spacial score (nSPS) is 18.0. The molecule has 0 fully saturated rings. The van der Waals surface area contributed by atoms with E-state index < -0.39 is 5.92 Å². The Balaban J connectivity index is 1.65. The molecule has 0 saturated carbocycles. The van der Waals surface area contributed by atoms with Crippen molar-refractivity contribution in [1.82, 2.24) is 0 Å². The molecule has 0 unspecified atom stereocenters. The van der Waals surface area contributed by atoms with E-state index in [9.17, 15) is 9.59 Å². The minimum Gasteiger partial charge on any atom is -0.493 e. The lowest BCUT2D eigenvalue weighted by molar-refractivity contribution is -0.118. The number of fused-ring (bicyclic) bond motifs is 1. The van der Waals surface area contributed by atoms with Crippen molar-refractivity contribution < 1.29 is 19.1 Å². The number of Topliss-reactive ketones (excluding diaryl/α,β-unsaturated/α-hetero) is 1. The minimum absolute atomic E-state index is 0.0665. The van der Waals surface area contributed by atoms with E-state index in [1.165, 1.54) is 11.3 Å². The second kappa shape index (κ2) is 9.43. The first kappa shape index (κ1) is 25.2. The Morgan fingerprint density at radius 3 is 2.57 bits per heavy atom. The third kappa shape index (κ3) is 4.45. The molecule has 1 aliphatic heterocycles. The number of methoxy groups -OCH3 is 2. The predicted octanol–water partition coefficient (Wildman–Crippen LogP) is 6.45. The van der Waals surface area contributed by atoms with Gasteiger partial charge in [0.25, 0.3) is 5.91 Å². The van der Waals surface area contributed by atoms with Gasteiger partial charge in [0, 0.05) is 29.2 Å². The first-order chi connectivity index (χ1) is 17.6. The van der Waals surface area contributed by atoms with Crippen molar-refractivity contribution in [3.63, 3.8) is 0 Å². The number of carbonyl (C=O) groups excluding carboxylic acids is 2. The summed E-state index contributed by atoms with van der Waals surface area (Å²) >= 11 is 7.53. The summed E-state index contributed by atoms with van der Waals surface area (Å²) in [6.45, 7) is 4.17. The number of nitrogens with two attached hydrogens (primary N) is 1. The van der Waals surface area contributed by atoms with Gasteiger partial charge >= 0.3 is 0 Å². The van der Waals surface area contributed by atoms with Crippen LogP contribution in [0.2, 0.25) is 5.02 Å². The molecular formula is C28H28ClN3O4S. The van der Waals surface area contributed by atoms with Crippen molar-refractivity contribution in [2.45, 2.75) is 32.6 Å². The van der Waals surface area contributed by atoms with Crippen LogP contribution >= 0.6 is 22.9 Å². The molecule has 192 valence electrons. The molecule has 1 atom stereocenters. The van der Waals surface area contributed by atoms with Gasteiger partial charge in [-0.1, -0.05) is 43.6 Å². The molecule has 0 radical (unpaired) electrons. The summed E-state index contributed by atoms with van der Waals surface area (Å²) in [6.07, 6.45) is 1.13. The molecule has 0 saturated heterocycles. The zero-order valence-electron chi connectivity index (χ0n) is 21.0. The van der Waals surface area contributed by atoms with Crippen LogP contribution in [0.25, 0.3) is 0 Å². The molecule has 0 spiro atoms. The molecule has 2 aromatic carbocycles. The van der Waals surface area contributed by atoms with E-state index in [0.717, 1.165) is 16.3 Å². The molecule has 1 aromatic heterocycles. The third-order valence-corrected chi connectivity index (χ3v) is 8.28. The van der Waals surface area contributed by atoms with Crippen molar-refractivity contribution in [2.24, 2.45) is 5.41 Å². The fourth-order valence-corrected chi connectivity index (χ4v) is 6.44. The lowest BCUT2D eigenvalue weighted by Crippen LogP contribution is -2.33. The van der Waals surface area contributed by atoms with Gasteiger partial charge in [0.2, 0.25) is 0 Å². The average molecular weight is 538 g/mol. The minimum atomic E-state index is -0.451. The number of hydrogen-bond acceptors (Lipinski definition) is 7. The highest BCUT2D eigenvalue weighted by Gasteiger charge is 2.43. The number of benzene rings is 2. The summed E-state index contributed by atoms with van der Waals surface area (Å²) in [4.78, 5) is 27.2. The quantitative estimate of drug-likeness (QED) is 0.345. The monoisotopic (exact) mass is 537 g/mol. The number of para-hydroxylation sites is 1. The molecule has 3 aromatic rings. The van der Waals surface area contributed by atoms with E-state index in [4.69, 9.17) is 26.8 Å². The van der Waals surface area contributed by atoms with Crippen molar-refractivity contribution >= 4 is 51.0 Å². The lowest BCUT2D eigenvalue weighted by Gasteiger charge is -2.38. The highest BCUT2D eigenvalue weighted by Crippen LogP contribution is 2.54. The number of rotatable bonds is 5. The zero-order valence-corrected chi connectivity index (χ0v) is 22.6. The Morgan fingerprint density at radius 2 is 1.86 bits per heavy atom. The zero-order chi connectivity index (χ0) is 26.5. The second-order valence-electron chi connectivity index (χ2n) is 10.0. The fourth-order valence-electron chi connectivity index (χ4n) is 5.17. The standard InChI is InChI=1S/C28H28ClN3O4S/c1-28(2)12-17-22(18(33)13-28)21(14-9-10-19(35-3)20(11-14)36-4)23-24(30)25(37-27(23)32-17)26(34)31-16-8-6-5-7-15(16)29/h5-11,21,32H,12-13,30H2,1-4H3,(H,31,34)/t21-/m1/s1. The van der Waals surface area contributed by atoms with Gasteiger partial charge in [0.15, 0.2) is 17.3 Å². The molecule has 37 heavy (non-hydrogen) atoms. The molecule has 4 N–H and O–H groups in total. The van der Waals surface area contributed by atoms with Gasteiger partial charge in [-0.05, 0) is 41.7 Å². The number of halogens is 1. The number of allylic oxidation sites excluding steroid dienone is 2. The average Bonchev–Trinajstić information content (AvgIpc) is 3.18. The Kier molecular flexibility index (Phi) is 6.41. The van der Waals surface area contributed by atoms with Gasteiger partial charge in [-0.25, -0.2) is 0 Å². The molecule has 0 bridgehead atoms. The molecule has 9 heteroatoms. The van der Waals surface area contributed by atoms with Crippen molar-refractivity contribution in [1.29, 1.82) is 0 Å². The molecule has 1 aliphatic carbocycles. The summed E-state index contributed by atoms with van der Waals surface area (Å²) in [5, 5.41) is 7.51. The summed E-state index contributed by atoms with van der Waals surface area (Å²) in [5.41, 5.74) is 10.4. The van der Waals surface area contributed by atoms with E-state index >= 15 is 0 Å². The van der Waals surface area contributed by atoms with Gasteiger partial charge in [-0.15, -0.1) is 11.3 Å². The van der Waals surface area contributed by atoms with Crippen molar-refractivity contribution in [3.8, 4) is 11.5 Å². The smallest absolute Gasteiger partial charge is 0.267 e. The molecule has 2 heterocycles. The largest absolute Gasteiger partial charge is 0.493 e. The fraction of sp³-hybridized carbons (Fsp3) is 0.286. The number of amides is 1. The van der Waals surface area contributed by atoms with Crippen LogP contribution in [0.5, 0.6) is 11.5 Å². The van der Waals surface area contributed by atoms with Crippen LogP contribution in [-0.4, -0.2) is 25.9 Å². The maximum absolute atomic E-state index is 13.6. The van der Waals surface area contributed by atoms with Gasteiger partial charge in [-0.2, -0.15) is 0 Å². The first-order valence-corrected chi connectivity index (χ1v) is 13.1. The van der Waals surface area contributed by atoms with Gasteiger partial charge in [-0.3, -0.25) is 9.59 Å². The lowest BCUT2D eigenvalue weighted by atomic mass is 9.69. The van der Waals surface area contributed by atoms with Crippen LogP contribution in [0.15, 0.2) is 53.7 Å². The van der Waals surface area contributed by atoms with Crippen LogP contribution in [0.1, 0.15) is 53.4 Å². The van der Waals surface area contributed by atoms with E-state index in [0.29, 0.717) is 56.8 Å². The van der Waals surface area contributed by atoms with Gasteiger partial charge < -0.3 is 25.8 Å². The molecule has 2 aliphatic rings. The Hall–Kier alpha value is -3.49. The van der Waals surface area contributed by atoms with Crippen LogP contribution in [0, 0.1) is 5.41 Å². The summed E-state index contributed by atoms with van der Waals surface area (Å²) < 4.78 is 11.0. The van der Waals surface area contributed by atoms with Gasteiger partial charge in [0.05, 0.1) is 35.6 Å². The molecule has 1 amide bonds. The van der Waals surface area contributed by atoms with Crippen LogP contribution in [0.3, 0.4) is 0 Å². The summed E-state index contributed by atoms with van der Waals surface area (Å²) in [7, 11) is 3.15. The van der Waals surface area contributed by atoms with E-state index in [2.05, 4.69) is 24.5 Å². The first-order valence-electron chi connectivity index (χ1n) is 11.9. The Bertz CT molecular complexity index is 1460. The van der Waals surface area contributed by atoms with Gasteiger partial charge in [0.1, 0.15) is 4.88 Å². The van der Waals surface area contributed by atoms with Crippen molar-refractivity contribution in [2.75, 3.05) is 30.6 Å². The third-order valence-electron chi connectivity index (χ3n) is 6.81. The Labute approximate surface area is 224 Å². The number of hydrogen-bond donors (Lipinski definition) is 3. The molecular weight excluding hydrogens is 510 g/mol. The topological polar surface area (TPSA) is 103 Å². The van der Waals surface area contributed by atoms with E-state index in [-0.39, 0.29) is 17.1 Å². The number of nitrogens with one attached hydrogen (secondary N) is 2. The van der Waals surface area contributed by atoms with Crippen molar-refractivity contribution in [3.05, 3.63) is 74.8 Å². The second-order valence-corrected chi connectivity index (χ2v) is 11.5. The van der Waals surface area contributed by atoms with Crippen LogP contribution < -0.4 is 25.8 Å². The number of ether oxygens (including phenoxy) is 2. The van der Waals surface area contributed by atoms with Crippen LogP contribution in [-0.2, 0) is 4.79 Å². The number of carbonyl (C=O) groups is 2. The number of ketones is 1. The maximum atomic E-state index is 13.6. The maximum Gasteiger partial charge on any atom is 0.267 e. The molecule has 5 rings (SSSR count). The Morgan fingerprint density at radius 1 is 1.14 bits per heavy atom. The SMILES string of the molecule is COc1ccc([C@@H]2C3=C(CC(C)(C)CC3=O)Nc3sc(C(=O)Nc4ccccc4Cl)c(N)c32)cc1OC. The molecule has 7 nitrogen and oxygen atoms in total. The number of nitrogen functional groups attached to an aromatic ring is 1. The predicted molar refractivity (Wildman–Crippen MR) is 148 cm³/mol. The summed E-state index contributed by atoms with van der Waals surface area (Å²) in [5.74, 6) is 0.396. The highest BCUT2D eigenvalue weighted by molar-refractivity contribution is 7.19. The van der Waals surface area contributed by atoms with Crippen LogP contribution in [0.4, 0.5) is 16.4 Å². The van der Waals surface area contributed by atoms with E-state index in [1.54, 1.807) is 38.5 Å². The summed E-state index contributed by atoms with van der Waals surface area (Å²) in [6, 6.07) is 12.6. The number of anilines is 3. The number of thiophene rings is 1.